The highest BCUT2D eigenvalue weighted by molar-refractivity contribution is 5.97. The van der Waals surface area contributed by atoms with Gasteiger partial charge in [-0.05, 0) is 36.1 Å². The maximum absolute atomic E-state index is 13.2. The Morgan fingerprint density at radius 3 is 1.19 bits per heavy atom. The van der Waals surface area contributed by atoms with Crippen LogP contribution in [0.2, 0.25) is 0 Å². The second-order valence-electron chi connectivity index (χ2n) is 7.67. The largest absolute Gasteiger partial charge is 0.466 e. The summed E-state index contributed by atoms with van der Waals surface area (Å²) in [7, 11) is 0. The Labute approximate surface area is 187 Å². The molecule has 32 heavy (non-hydrogen) atoms. The number of ether oxygens (including phenoxy) is 2. The Hall–Kier alpha value is -3.28. The van der Waals surface area contributed by atoms with Crippen LogP contribution in [-0.4, -0.2) is 36.7 Å². The van der Waals surface area contributed by atoms with E-state index in [2.05, 4.69) is 0 Å². The number of hydrogen-bond acceptors (Lipinski definition) is 6. The lowest BCUT2D eigenvalue weighted by Crippen LogP contribution is -2.28. The summed E-state index contributed by atoms with van der Waals surface area (Å²) < 4.78 is 9.91. The number of esters is 2. The molecule has 0 radical (unpaired) electrons. The highest BCUT2D eigenvalue weighted by Crippen LogP contribution is 2.45. The number of ketones is 2. The van der Waals surface area contributed by atoms with Gasteiger partial charge in [-0.1, -0.05) is 48.5 Å². The van der Waals surface area contributed by atoms with E-state index in [0.717, 1.165) is 22.3 Å². The normalized spacial score (nSPS) is 16.4. The van der Waals surface area contributed by atoms with Crippen molar-refractivity contribution in [3.63, 3.8) is 0 Å². The van der Waals surface area contributed by atoms with Crippen molar-refractivity contribution in [2.75, 3.05) is 13.2 Å². The van der Waals surface area contributed by atoms with Crippen molar-refractivity contribution in [1.29, 1.82) is 0 Å². The fourth-order valence-corrected chi connectivity index (χ4v) is 4.31. The first-order chi connectivity index (χ1) is 15.5. The van der Waals surface area contributed by atoms with Gasteiger partial charge in [0.2, 0.25) is 0 Å². The van der Waals surface area contributed by atoms with E-state index in [9.17, 15) is 19.2 Å². The van der Waals surface area contributed by atoms with Crippen LogP contribution in [0.15, 0.2) is 48.5 Å². The molecule has 2 aromatic rings. The summed E-state index contributed by atoms with van der Waals surface area (Å²) in [6, 6.07) is 14.8. The topological polar surface area (TPSA) is 86.7 Å². The van der Waals surface area contributed by atoms with Crippen molar-refractivity contribution in [2.45, 2.75) is 51.4 Å². The molecule has 0 bridgehead atoms. The zero-order valence-electron chi connectivity index (χ0n) is 18.5. The molecule has 0 aromatic heterocycles. The van der Waals surface area contributed by atoms with Crippen molar-refractivity contribution in [3.05, 3.63) is 70.8 Å². The Bertz CT molecular complexity index is 881. The van der Waals surface area contributed by atoms with Crippen LogP contribution in [0.25, 0.3) is 0 Å². The van der Waals surface area contributed by atoms with Crippen LogP contribution in [0.5, 0.6) is 0 Å². The zero-order valence-corrected chi connectivity index (χ0v) is 18.5. The fourth-order valence-electron chi connectivity index (χ4n) is 4.31. The molecule has 0 spiro atoms. The summed E-state index contributed by atoms with van der Waals surface area (Å²) in [5.41, 5.74) is 3.09. The van der Waals surface area contributed by atoms with Gasteiger partial charge in [-0.15, -0.1) is 0 Å². The van der Waals surface area contributed by atoms with Gasteiger partial charge in [0.15, 0.2) is 0 Å². The maximum atomic E-state index is 13.2. The first-order valence-electron chi connectivity index (χ1n) is 11.0. The molecule has 3 rings (SSSR count). The summed E-state index contributed by atoms with van der Waals surface area (Å²) in [5.74, 6) is -2.07. The molecule has 0 amide bonds. The number of carbonyl (C=O) groups is 4. The Morgan fingerprint density at radius 2 is 0.906 bits per heavy atom. The van der Waals surface area contributed by atoms with Crippen LogP contribution >= 0.6 is 0 Å². The van der Waals surface area contributed by atoms with Crippen molar-refractivity contribution in [2.24, 2.45) is 0 Å². The predicted octanol–water partition coefficient (Wildman–Crippen LogP) is 4.09. The minimum absolute atomic E-state index is 0.0232. The molecule has 0 heterocycles. The molecule has 2 aromatic carbocycles. The molecule has 0 saturated carbocycles. The van der Waals surface area contributed by atoms with Gasteiger partial charge in [0.05, 0.1) is 37.9 Å². The van der Waals surface area contributed by atoms with E-state index >= 15 is 0 Å². The van der Waals surface area contributed by atoms with Gasteiger partial charge in [0.1, 0.15) is 11.6 Å². The van der Waals surface area contributed by atoms with Crippen molar-refractivity contribution in [3.8, 4) is 0 Å². The first-order valence-corrected chi connectivity index (χ1v) is 11.0. The van der Waals surface area contributed by atoms with Gasteiger partial charge in [0, 0.05) is 12.8 Å². The highest BCUT2D eigenvalue weighted by Gasteiger charge is 2.38. The van der Waals surface area contributed by atoms with Gasteiger partial charge in [0.25, 0.3) is 0 Å². The number of rotatable bonds is 10. The van der Waals surface area contributed by atoms with Crippen LogP contribution < -0.4 is 0 Å². The Morgan fingerprint density at radius 1 is 0.594 bits per heavy atom. The van der Waals surface area contributed by atoms with Crippen LogP contribution in [0.1, 0.15) is 73.6 Å². The van der Waals surface area contributed by atoms with E-state index in [1.54, 1.807) is 13.8 Å². The summed E-state index contributed by atoms with van der Waals surface area (Å²) >= 11 is 0. The van der Waals surface area contributed by atoms with E-state index in [0.29, 0.717) is 0 Å². The number of carbonyl (C=O) groups excluding carboxylic acids is 4. The second-order valence-corrected chi connectivity index (χ2v) is 7.67. The average molecular weight is 437 g/mol. The first kappa shape index (κ1) is 23.4. The van der Waals surface area contributed by atoms with E-state index < -0.39 is 23.8 Å². The van der Waals surface area contributed by atoms with Crippen molar-refractivity contribution >= 4 is 23.5 Å². The SMILES string of the molecule is CCOC(=O)CCC(=O)C1c2ccccc2C(C(=O)CCC(=O)OCC)c2ccccc21. The number of hydrogen-bond donors (Lipinski definition) is 0. The molecular weight excluding hydrogens is 408 g/mol. The summed E-state index contributed by atoms with van der Waals surface area (Å²) in [6.07, 6.45) is 0.173. The molecule has 168 valence electrons. The zero-order chi connectivity index (χ0) is 23.1. The Balaban J connectivity index is 1.93. The third-order valence-electron chi connectivity index (χ3n) is 5.64. The van der Waals surface area contributed by atoms with E-state index in [-0.39, 0.29) is 50.5 Å². The fraction of sp³-hybridized carbons (Fsp3) is 0.385. The van der Waals surface area contributed by atoms with Crippen LogP contribution in [-0.2, 0) is 28.7 Å². The van der Waals surface area contributed by atoms with Gasteiger partial charge in [-0.25, -0.2) is 0 Å². The van der Waals surface area contributed by atoms with Crippen LogP contribution in [0.4, 0.5) is 0 Å². The monoisotopic (exact) mass is 436 g/mol. The summed E-state index contributed by atoms with van der Waals surface area (Å²) in [4.78, 5) is 50.0. The molecule has 6 heteroatoms. The minimum Gasteiger partial charge on any atom is -0.466 e. The molecule has 1 aliphatic rings. The molecule has 1 aliphatic carbocycles. The van der Waals surface area contributed by atoms with Crippen molar-refractivity contribution in [1.82, 2.24) is 0 Å². The highest BCUT2D eigenvalue weighted by atomic mass is 16.5. The van der Waals surface area contributed by atoms with Crippen molar-refractivity contribution < 1.29 is 28.7 Å². The summed E-state index contributed by atoms with van der Waals surface area (Å²) in [6.45, 7) is 4.01. The van der Waals surface area contributed by atoms with Gasteiger partial charge in [-0.3, -0.25) is 19.2 Å². The van der Waals surface area contributed by atoms with E-state index in [4.69, 9.17) is 9.47 Å². The molecule has 0 unspecified atom stereocenters. The lowest BCUT2D eigenvalue weighted by atomic mass is 9.69. The number of Topliss-reactive ketones (excluding diaryl/α,β-unsaturated/α-hetero) is 2. The van der Waals surface area contributed by atoms with E-state index in [1.165, 1.54) is 0 Å². The third-order valence-corrected chi connectivity index (χ3v) is 5.64. The minimum atomic E-state index is -0.550. The second kappa shape index (κ2) is 10.8. The molecule has 0 N–H and O–H groups in total. The molecule has 0 saturated heterocycles. The van der Waals surface area contributed by atoms with Crippen LogP contribution in [0, 0.1) is 0 Å². The third kappa shape index (κ3) is 5.13. The molecule has 6 nitrogen and oxygen atoms in total. The maximum Gasteiger partial charge on any atom is 0.306 e. The van der Waals surface area contributed by atoms with Gasteiger partial charge >= 0.3 is 11.9 Å². The number of fused-ring (bicyclic) bond motifs is 2. The average Bonchev–Trinajstić information content (AvgIpc) is 2.79. The lowest BCUT2D eigenvalue weighted by molar-refractivity contribution is -0.145. The van der Waals surface area contributed by atoms with Crippen LogP contribution in [0.3, 0.4) is 0 Å². The van der Waals surface area contributed by atoms with Gasteiger partial charge in [-0.2, -0.15) is 0 Å². The molecule has 0 aliphatic heterocycles. The predicted molar refractivity (Wildman–Crippen MR) is 118 cm³/mol. The smallest absolute Gasteiger partial charge is 0.306 e. The van der Waals surface area contributed by atoms with Gasteiger partial charge < -0.3 is 9.47 Å². The molecule has 0 atom stereocenters. The Kier molecular flexibility index (Phi) is 7.92. The summed E-state index contributed by atoms with van der Waals surface area (Å²) in [5, 5.41) is 0. The molecular formula is C26H28O6. The quantitative estimate of drug-likeness (QED) is 0.522. The molecule has 0 fully saturated rings. The van der Waals surface area contributed by atoms with E-state index in [1.807, 2.05) is 48.5 Å². The lowest BCUT2D eigenvalue weighted by Gasteiger charge is -2.33. The standard InChI is InChI=1S/C26H28O6/c1-3-31-23(29)15-13-21(27)25-17-9-5-7-11-19(17)26(20-12-8-6-10-18(20)25)22(28)14-16-24(30)32-4-2/h5-12,25-26H,3-4,13-16H2,1-2H3. The number of benzene rings is 2.